The highest BCUT2D eigenvalue weighted by Crippen LogP contribution is 2.66. The Labute approximate surface area is 181 Å². The highest BCUT2D eigenvalue weighted by atomic mass is 31.3. The summed E-state index contributed by atoms with van der Waals surface area (Å²) in [6, 6.07) is 0. The zero-order valence-electron chi connectivity index (χ0n) is 16.2. The number of phosphoric ester groups is 1. The molecule has 0 aromatic carbocycles. The number of aromatic amines is 1. The van der Waals surface area contributed by atoms with E-state index in [1.54, 1.807) is 0 Å². The standard InChI is InChI=1S/C11H17FN5O13P3/c1-4-6(18)11(12,2-27-32(23,24)30-33(25,26)29-31(20,21)22)28-9(4)17-3-14-5-7(17)15-10(13)16-8(5)19/h3-4,6,9,18H,2H2,1H3,(H,23,24)(H,25,26)(H2,20,21,22)(H3,13,15,16,19)/t4-,6-,9+,11+/m0/s1. The van der Waals surface area contributed by atoms with Gasteiger partial charge in [-0.05, 0) is 0 Å². The third-order valence-corrected chi connectivity index (χ3v) is 8.05. The number of nitrogen functional groups attached to an aromatic ring is 1. The Hall–Kier alpha value is -1.59. The lowest BCUT2D eigenvalue weighted by Crippen LogP contribution is -2.40. The monoisotopic (exact) mass is 539 g/mol. The maximum atomic E-state index is 15.3. The lowest BCUT2D eigenvalue weighted by atomic mass is 10.0. The molecule has 6 atom stereocenters. The minimum atomic E-state index is -5.83. The van der Waals surface area contributed by atoms with Crippen LogP contribution in [-0.2, 0) is 31.6 Å². The topological polar surface area (TPSA) is 279 Å². The van der Waals surface area contributed by atoms with Crippen molar-refractivity contribution < 1.29 is 60.6 Å². The van der Waals surface area contributed by atoms with Crippen LogP contribution in [0.5, 0.6) is 0 Å². The van der Waals surface area contributed by atoms with Crippen molar-refractivity contribution in [2.75, 3.05) is 12.3 Å². The number of nitrogens with zero attached hydrogens (tertiary/aromatic N) is 3. The Bertz CT molecular complexity index is 1260. The first kappa shape index (κ1) is 26.0. The van der Waals surface area contributed by atoms with Crippen LogP contribution < -0.4 is 11.3 Å². The number of fused-ring (bicyclic) bond motifs is 1. The van der Waals surface area contributed by atoms with Crippen molar-refractivity contribution in [3.05, 3.63) is 16.7 Å². The largest absolute Gasteiger partial charge is 0.490 e. The van der Waals surface area contributed by atoms with Crippen LogP contribution >= 0.6 is 23.5 Å². The molecule has 2 aromatic heterocycles. The quantitative estimate of drug-likeness (QED) is 0.203. The molecule has 3 rings (SSSR count). The van der Waals surface area contributed by atoms with E-state index in [-0.39, 0.29) is 17.1 Å². The first-order chi connectivity index (χ1) is 14.9. The predicted molar refractivity (Wildman–Crippen MR) is 102 cm³/mol. The van der Waals surface area contributed by atoms with Crippen molar-refractivity contribution >= 4 is 40.6 Å². The number of aromatic nitrogens is 4. The minimum absolute atomic E-state index is 0.127. The molecular formula is C11H17FN5O13P3. The fourth-order valence-electron chi connectivity index (χ4n) is 2.96. The summed E-state index contributed by atoms with van der Waals surface area (Å²) in [6.45, 7) is -0.245. The molecular weight excluding hydrogens is 522 g/mol. The maximum absolute atomic E-state index is 15.3. The van der Waals surface area contributed by atoms with E-state index in [1.165, 1.54) is 6.92 Å². The molecule has 186 valence electrons. The van der Waals surface area contributed by atoms with E-state index in [9.17, 15) is 28.5 Å². The van der Waals surface area contributed by atoms with Crippen molar-refractivity contribution in [3.63, 3.8) is 0 Å². The fourth-order valence-corrected chi connectivity index (χ4v) is 5.99. The third kappa shape index (κ3) is 5.74. The number of rotatable bonds is 8. The molecule has 1 fully saturated rings. The van der Waals surface area contributed by atoms with Gasteiger partial charge in [0.15, 0.2) is 11.2 Å². The second-order valence-corrected chi connectivity index (χ2v) is 11.2. The summed E-state index contributed by atoms with van der Waals surface area (Å²) >= 11 is 0. The van der Waals surface area contributed by atoms with Crippen LogP contribution in [0.1, 0.15) is 13.2 Å². The predicted octanol–water partition coefficient (Wildman–Crippen LogP) is -0.763. The molecule has 0 bridgehead atoms. The van der Waals surface area contributed by atoms with Gasteiger partial charge in [0, 0.05) is 5.92 Å². The van der Waals surface area contributed by atoms with E-state index in [4.69, 9.17) is 25.2 Å². The van der Waals surface area contributed by atoms with Gasteiger partial charge in [0.2, 0.25) is 5.95 Å². The second-order valence-electron chi connectivity index (χ2n) is 6.74. The summed E-state index contributed by atoms with van der Waals surface area (Å²) in [5, 5.41) is 10.3. The van der Waals surface area contributed by atoms with Crippen LogP contribution in [0.15, 0.2) is 11.1 Å². The van der Waals surface area contributed by atoms with Crippen molar-refractivity contribution in [2.24, 2.45) is 5.92 Å². The molecule has 1 aliphatic heterocycles. The zero-order chi connectivity index (χ0) is 25.0. The Morgan fingerprint density at radius 1 is 1.27 bits per heavy atom. The van der Waals surface area contributed by atoms with Crippen molar-refractivity contribution in [3.8, 4) is 0 Å². The number of ether oxygens (including phenoxy) is 1. The van der Waals surface area contributed by atoms with Gasteiger partial charge in [0.25, 0.3) is 11.4 Å². The van der Waals surface area contributed by atoms with E-state index in [1.807, 2.05) is 0 Å². The van der Waals surface area contributed by atoms with E-state index in [2.05, 4.69) is 28.1 Å². The number of H-pyrrole nitrogens is 1. The Balaban J connectivity index is 1.79. The molecule has 2 aromatic rings. The molecule has 33 heavy (non-hydrogen) atoms. The summed E-state index contributed by atoms with van der Waals surface area (Å²) in [5.41, 5.74) is 4.47. The number of halogens is 1. The number of aliphatic hydroxyl groups is 1. The lowest BCUT2D eigenvalue weighted by Gasteiger charge is -2.24. The molecule has 18 nitrogen and oxygen atoms in total. The van der Waals surface area contributed by atoms with Crippen LogP contribution in [0.25, 0.3) is 11.2 Å². The fraction of sp³-hybridized carbons (Fsp3) is 0.545. The second kappa shape index (κ2) is 8.57. The molecule has 0 amide bonds. The molecule has 22 heteroatoms. The molecule has 3 heterocycles. The van der Waals surface area contributed by atoms with Gasteiger partial charge in [0.1, 0.15) is 18.9 Å². The number of nitrogens with two attached hydrogens (primary N) is 1. The van der Waals surface area contributed by atoms with E-state index < -0.39 is 59.7 Å². The molecule has 2 unspecified atom stereocenters. The summed E-state index contributed by atoms with van der Waals surface area (Å²) in [5.74, 6) is -4.60. The number of nitrogens with one attached hydrogen (secondary N) is 1. The van der Waals surface area contributed by atoms with Gasteiger partial charge in [-0.1, -0.05) is 6.92 Å². The molecule has 8 N–H and O–H groups in total. The van der Waals surface area contributed by atoms with Gasteiger partial charge >= 0.3 is 23.5 Å². The van der Waals surface area contributed by atoms with Crippen molar-refractivity contribution in [1.82, 2.24) is 19.5 Å². The zero-order valence-corrected chi connectivity index (χ0v) is 18.8. The third-order valence-electron chi connectivity index (χ3n) is 4.27. The molecule has 0 saturated carbocycles. The first-order valence-electron chi connectivity index (χ1n) is 8.48. The van der Waals surface area contributed by atoms with Gasteiger partial charge in [0.05, 0.1) is 6.33 Å². The van der Waals surface area contributed by atoms with Gasteiger partial charge in [-0.2, -0.15) is 13.6 Å². The first-order valence-corrected chi connectivity index (χ1v) is 13.0. The number of anilines is 1. The van der Waals surface area contributed by atoms with E-state index in [0.29, 0.717) is 0 Å². The summed E-state index contributed by atoms with van der Waals surface area (Å²) < 4.78 is 66.5. The Morgan fingerprint density at radius 2 is 1.91 bits per heavy atom. The van der Waals surface area contributed by atoms with E-state index in [0.717, 1.165) is 10.9 Å². The molecule has 0 spiro atoms. The molecule has 1 saturated heterocycles. The van der Waals surface area contributed by atoms with Crippen molar-refractivity contribution in [1.29, 1.82) is 0 Å². The number of hydrogen-bond acceptors (Lipinski definition) is 12. The normalized spacial score (nSPS) is 29.7. The van der Waals surface area contributed by atoms with E-state index >= 15 is 4.39 Å². The molecule has 0 aliphatic carbocycles. The number of phosphoric acid groups is 3. The van der Waals surface area contributed by atoms with Gasteiger partial charge in [-0.25, -0.2) is 23.1 Å². The van der Waals surface area contributed by atoms with Crippen LogP contribution in [0, 0.1) is 5.92 Å². The number of imidazole rings is 1. The summed E-state index contributed by atoms with van der Waals surface area (Å²) in [6.07, 6.45) is -2.35. The summed E-state index contributed by atoms with van der Waals surface area (Å²) in [7, 11) is -17.1. The van der Waals surface area contributed by atoms with Crippen LogP contribution in [0.3, 0.4) is 0 Å². The lowest BCUT2D eigenvalue weighted by molar-refractivity contribution is -0.203. The number of hydrogen-bond donors (Lipinski definition) is 7. The summed E-state index contributed by atoms with van der Waals surface area (Å²) in [4.78, 5) is 57.4. The average Bonchev–Trinajstić information content (AvgIpc) is 3.12. The van der Waals surface area contributed by atoms with Gasteiger partial charge in [-0.3, -0.25) is 18.9 Å². The molecule has 1 aliphatic rings. The van der Waals surface area contributed by atoms with Crippen molar-refractivity contribution in [2.45, 2.75) is 25.1 Å². The maximum Gasteiger partial charge on any atom is 0.490 e. The van der Waals surface area contributed by atoms with Gasteiger partial charge in [-0.15, -0.1) is 0 Å². The number of alkyl halides is 1. The SMILES string of the molecule is C[C@@H]1[C@H](n2cnc3c(=O)[nH]c(N)nc32)O[C@](F)(COP(=O)(O)OP(=O)(O)OP(=O)(O)O)[C@H]1O. The number of aliphatic hydroxyl groups excluding tert-OH is 1. The smallest absolute Gasteiger partial charge is 0.387 e. The highest BCUT2D eigenvalue weighted by molar-refractivity contribution is 7.66. The minimum Gasteiger partial charge on any atom is -0.387 e. The van der Waals surface area contributed by atoms with Crippen LogP contribution in [0.4, 0.5) is 10.3 Å². The average molecular weight is 539 g/mol. The Kier molecular flexibility index (Phi) is 6.76. The van der Waals surface area contributed by atoms with Crippen LogP contribution in [0.2, 0.25) is 0 Å². The van der Waals surface area contributed by atoms with Gasteiger partial charge < -0.3 is 35.2 Å². The molecule has 0 radical (unpaired) electrons. The highest BCUT2D eigenvalue weighted by Gasteiger charge is 2.56. The Morgan fingerprint density at radius 3 is 2.52 bits per heavy atom. The van der Waals surface area contributed by atoms with Crippen LogP contribution in [-0.4, -0.2) is 62.8 Å².